The highest BCUT2D eigenvalue weighted by molar-refractivity contribution is 5.57. The minimum atomic E-state index is -0.451. The van der Waals surface area contributed by atoms with Crippen molar-refractivity contribution in [2.24, 2.45) is 0 Å². The summed E-state index contributed by atoms with van der Waals surface area (Å²) in [7, 11) is 0. The maximum Gasteiger partial charge on any atom is 0.311 e. The molecule has 2 rings (SSSR count). The van der Waals surface area contributed by atoms with E-state index in [1.165, 1.54) is 18.3 Å². The lowest BCUT2D eigenvalue weighted by atomic mass is 10.3. The fourth-order valence-electron chi connectivity index (χ4n) is 1.71. The third-order valence-corrected chi connectivity index (χ3v) is 2.43. The maximum atomic E-state index is 10.7. The summed E-state index contributed by atoms with van der Waals surface area (Å²) in [5.74, 6) is 0.346. The topological polar surface area (TPSA) is 79.5 Å². The highest BCUT2D eigenvalue weighted by Crippen LogP contribution is 2.27. The lowest BCUT2D eigenvalue weighted by Gasteiger charge is -2.15. The first kappa shape index (κ1) is 9.85. The van der Waals surface area contributed by atoms with E-state index in [2.05, 4.69) is 4.98 Å². The van der Waals surface area contributed by atoms with E-state index < -0.39 is 11.0 Å². The summed E-state index contributed by atoms with van der Waals surface area (Å²) >= 11 is 0. The van der Waals surface area contributed by atoms with E-state index in [-0.39, 0.29) is 5.69 Å². The lowest BCUT2D eigenvalue weighted by molar-refractivity contribution is -0.384. The summed E-state index contributed by atoms with van der Waals surface area (Å²) in [6, 6.07) is 2.96. The van der Waals surface area contributed by atoms with Crippen LogP contribution in [0, 0.1) is 10.1 Å². The summed E-state index contributed by atoms with van der Waals surface area (Å²) < 4.78 is 0. The average Bonchev–Trinajstić information content (AvgIpc) is 2.65. The van der Waals surface area contributed by atoms with Gasteiger partial charge in [-0.3, -0.25) is 10.1 Å². The molecule has 1 aromatic heterocycles. The largest absolute Gasteiger partial charge is 0.391 e. The van der Waals surface area contributed by atoms with Crippen molar-refractivity contribution in [3.8, 4) is 0 Å². The molecule has 1 unspecified atom stereocenters. The van der Waals surface area contributed by atoms with Gasteiger partial charge in [-0.2, -0.15) is 0 Å². The molecule has 0 aromatic carbocycles. The number of aliphatic hydroxyl groups is 1. The maximum absolute atomic E-state index is 10.7. The first-order chi connectivity index (χ1) is 7.18. The molecule has 0 amide bonds. The molecule has 0 spiro atoms. The van der Waals surface area contributed by atoms with E-state index >= 15 is 0 Å². The molecule has 6 nitrogen and oxygen atoms in total. The standard InChI is InChI=1S/C9H11N3O3/c13-7-3-5-11(6-7)9-8(12(14)15)2-1-4-10-9/h1-2,4,7,13H,3,5-6H2. The van der Waals surface area contributed by atoms with E-state index in [0.29, 0.717) is 25.3 Å². The van der Waals surface area contributed by atoms with Crippen LogP contribution in [0.25, 0.3) is 0 Å². The van der Waals surface area contributed by atoms with Crippen molar-refractivity contribution in [1.82, 2.24) is 4.98 Å². The van der Waals surface area contributed by atoms with Crippen LogP contribution in [0.2, 0.25) is 0 Å². The van der Waals surface area contributed by atoms with Crippen molar-refractivity contribution in [1.29, 1.82) is 0 Å². The second kappa shape index (κ2) is 3.82. The zero-order valence-electron chi connectivity index (χ0n) is 8.04. The van der Waals surface area contributed by atoms with Crippen LogP contribution in [0.5, 0.6) is 0 Å². The molecule has 1 saturated heterocycles. The Hall–Kier alpha value is -1.69. The fourth-order valence-corrected chi connectivity index (χ4v) is 1.71. The quantitative estimate of drug-likeness (QED) is 0.568. The van der Waals surface area contributed by atoms with Crippen LogP contribution >= 0.6 is 0 Å². The van der Waals surface area contributed by atoms with Crippen molar-refractivity contribution in [2.45, 2.75) is 12.5 Å². The summed E-state index contributed by atoms with van der Waals surface area (Å²) in [5, 5.41) is 20.1. The highest BCUT2D eigenvalue weighted by Gasteiger charge is 2.27. The van der Waals surface area contributed by atoms with Gasteiger partial charge in [0.1, 0.15) is 0 Å². The first-order valence-electron chi connectivity index (χ1n) is 4.71. The Morgan fingerprint density at radius 3 is 3.07 bits per heavy atom. The molecular formula is C9H11N3O3. The van der Waals surface area contributed by atoms with Gasteiger partial charge in [-0.1, -0.05) is 0 Å². The van der Waals surface area contributed by atoms with Crippen LogP contribution in [0.15, 0.2) is 18.3 Å². The Bertz CT molecular complexity index is 383. The monoisotopic (exact) mass is 209 g/mol. The van der Waals surface area contributed by atoms with Gasteiger partial charge < -0.3 is 10.0 Å². The van der Waals surface area contributed by atoms with Gasteiger partial charge in [0.15, 0.2) is 0 Å². The number of hydrogen-bond acceptors (Lipinski definition) is 5. The molecule has 0 radical (unpaired) electrons. The molecule has 1 N–H and O–H groups in total. The Labute approximate surface area is 86.3 Å². The molecule has 2 heterocycles. The minimum Gasteiger partial charge on any atom is -0.391 e. The smallest absolute Gasteiger partial charge is 0.311 e. The Morgan fingerprint density at radius 2 is 2.47 bits per heavy atom. The molecule has 1 aliphatic rings. The minimum absolute atomic E-state index is 0.00778. The van der Waals surface area contributed by atoms with Crippen LogP contribution in [0.4, 0.5) is 11.5 Å². The summed E-state index contributed by atoms with van der Waals surface area (Å²) in [5.41, 5.74) is -0.00778. The Kier molecular flexibility index (Phi) is 2.51. The number of hydrogen-bond donors (Lipinski definition) is 1. The van der Waals surface area contributed by atoms with Crippen molar-refractivity contribution in [2.75, 3.05) is 18.0 Å². The van der Waals surface area contributed by atoms with Gasteiger partial charge in [0, 0.05) is 25.4 Å². The molecule has 0 aliphatic carbocycles. The van der Waals surface area contributed by atoms with Gasteiger partial charge >= 0.3 is 5.69 Å². The van der Waals surface area contributed by atoms with Crippen molar-refractivity contribution >= 4 is 11.5 Å². The molecule has 0 bridgehead atoms. The van der Waals surface area contributed by atoms with Crippen LogP contribution in [-0.4, -0.2) is 34.2 Å². The van der Waals surface area contributed by atoms with E-state index in [4.69, 9.17) is 0 Å². The number of aromatic nitrogens is 1. The van der Waals surface area contributed by atoms with Gasteiger partial charge in [0.2, 0.25) is 5.82 Å². The zero-order valence-corrected chi connectivity index (χ0v) is 8.04. The van der Waals surface area contributed by atoms with Crippen LogP contribution in [0.1, 0.15) is 6.42 Å². The lowest BCUT2D eigenvalue weighted by Crippen LogP contribution is -2.23. The fraction of sp³-hybridized carbons (Fsp3) is 0.444. The molecule has 1 atom stereocenters. The zero-order chi connectivity index (χ0) is 10.8. The molecule has 80 valence electrons. The number of anilines is 1. The van der Waals surface area contributed by atoms with Gasteiger partial charge in [0.25, 0.3) is 0 Å². The van der Waals surface area contributed by atoms with Crippen LogP contribution in [0.3, 0.4) is 0 Å². The number of nitro groups is 1. The van der Waals surface area contributed by atoms with Crippen molar-refractivity contribution in [3.05, 3.63) is 28.4 Å². The van der Waals surface area contributed by atoms with Crippen LogP contribution < -0.4 is 4.90 Å². The predicted molar refractivity (Wildman–Crippen MR) is 53.7 cm³/mol. The first-order valence-corrected chi connectivity index (χ1v) is 4.71. The molecular weight excluding hydrogens is 198 g/mol. The van der Waals surface area contributed by atoms with E-state index in [1.54, 1.807) is 4.90 Å². The summed E-state index contributed by atoms with van der Waals surface area (Å²) in [6.45, 7) is 1.02. The molecule has 1 aromatic rings. The number of nitrogens with zero attached hydrogens (tertiary/aromatic N) is 3. The summed E-state index contributed by atoms with van der Waals surface area (Å²) in [6.07, 6.45) is 1.74. The average molecular weight is 209 g/mol. The van der Waals surface area contributed by atoms with E-state index in [9.17, 15) is 15.2 Å². The molecule has 0 saturated carbocycles. The van der Waals surface area contributed by atoms with Gasteiger partial charge in [-0.25, -0.2) is 4.98 Å². The molecule has 15 heavy (non-hydrogen) atoms. The van der Waals surface area contributed by atoms with E-state index in [0.717, 1.165) is 0 Å². The van der Waals surface area contributed by atoms with Gasteiger partial charge in [0.05, 0.1) is 11.0 Å². The van der Waals surface area contributed by atoms with Gasteiger partial charge in [-0.15, -0.1) is 0 Å². The Morgan fingerprint density at radius 1 is 1.67 bits per heavy atom. The molecule has 6 heteroatoms. The Balaban J connectivity index is 2.31. The van der Waals surface area contributed by atoms with E-state index in [1.807, 2.05) is 0 Å². The third-order valence-electron chi connectivity index (χ3n) is 2.43. The number of rotatable bonds is 2. The number of β-amino-alcohol motifs (C(OH)–C–C–N with tert-alkyl or cyclic N) is 1. The second-order valence-electron chi connectivity index (χ2n) is 3.49. The molecule has 1 fully saturated rings. The normalized spacial score (nSPS) is 20.6. The van der Waals surface area contributed by atoms with Crippen molar-refractivity contribution < 1.29 is 10.0 Å². The third kappa shape index (κ3) is 1.89. The summed E-state index contributed by atoms with van der Waals surface area (Å²) in [4.78, 5) is 16.0. The van der Waals surface area contributed by atoms with Crippen LogP contribution in [-0.2, 0) is 0 Å². The predicted octanol–water partition coefficient (Wildman–Crippen LogP) is 0.561. The highest BCUT2D eigenvalue weighted by atomic mass is 16.6. The van der Waals surface area contributed by atoms with Gasteiger partial charge in [-0.05, 0) is 12.5 Å². The molecule has 1 aliphatic heterocycles. The number of pyridine rings is 1. The van der Waals surface area contributed by atoms with Crippen molar-refractivity contribution in [3.63, 3.8) is 0 Å². The number of aliphatic hydroxyl groups excluding tert-OH is 1. The second-order valence-corrected chi connectivity index (χ2v) is 3.49. The SMILES string of the molecule is O=[N+]([O-])c1cccnc1N1CCC(O)C1.